The number of rotatable bonds is 6. The smallest absolute Gasteiger partial charge is 0.322 e. The van der Waals surface area contributed by atoms with Crippen LogP contribution in [-0.4, -0.2) is 43.3 Å². The van der Waals surface area contributed by atoms with E-state index in [4.69, 9.17) is 4.74 Å². The summed E-state index contributed by atoms with van der Waals surface area (Å²) < 4.78 is 5.16. The molecule has 0 saturated carbocycles. The lowest BCUT2D eigenvalue weighted by Crippen LogP contribution is -2.22. The number of urea groups is 1. The molecule has 3 amide bonds. The number of allylic oxidation sites excluding steroid dienone is 2. The van der Waals surface area contributed by atoms with Crippen LogP contribution in [0.15, 0.2) is 65.7 Å². The number of amides is 3. The molecule has 0 aromatic heterocycles. The van der Waals surface area contributed by atoms with Gasteiger partial charge in [0, 0.05) is 37.1 Å². The van der Waals surface area contributed by atoms with E-state index in [0.29, 0.717) is 6.04 Å². The average Bonchev–Trinajstić information content (AvgIpc) is 3.31. The van der Waals surface area contributed by atoms with Gasteiger partial charge >= 0.3 is 6.03 Å². The maximum Gasteiger partial charge on any atom is 0.322 e. The lowest BCUT2D eigenvalue weighted by Gasteiger charge is -2.10. The second-order valence-corrected chi connectivity index (χ2v) is 9.04. The molecule has 2 N–H and O–H groups in total. The molecule has 2 aliphatic rings. The fourth-order valence-corrected chi connectivity index (χ4v) is 3.85. The largest absolute Gasteiger partial charge is 0.497 e. The predicted molar refractivity (Wildman–Crippen MR) is 140 cm³/mol. The minimum absolute atomic E-state index is 0.302. The van der Waals surface area contributed by atoms with Crippen LogP contribution in [0.25, 0.3) is 5.70 Å². The highest BCUT2D eigenvalue weighted by atomic mass is 16.5. The average molecular weight is 475 g/mol. The number of fused-ring (bicyclic) bond motifs is 1. The van der Waals surface area contributed by atoms with Gasteiger partial charge in [0.15, 0.2) is 0 Å². The first-order valence-electron chi connectivity index (χ1n) is 11.6. The Kier molecular flexibility index (Phi) is 8.47. The Hall–Kier alpha value is -3.87. The van der Waals surface area contributed by atoms with Gasteiger partial charge in [-0.25, -0.2) is 4.79 Å². The summed E-state index contributed by atoms with van der Waals surface area (Å²) in [6.45, 7) is 11.1. The third-order valence-corrected chi connectivity index (χ3v) is 5.81. The zero-order chi connectivity index (χ0) is 25.5. The Labute approximate surface area is 207 Å². The number of methoxy groups -OCH3 is 1. The lowest BCUT2D eigenvalue weighted by molar-refractivity contribution is -0.120. The summed E-state index contributed by atoms with van der Waals surface area (Å²) in [5, 5.41) is 4.82. The SMILES string of the molecule is C/C(=C/C=NC(C)C)Cc1ccc(C2NC(=O)NC2=O)cc1.C=C1c2cc(OC)ccc2CN1C. The topological polar surface area (TPSA) is 83.0 Å². The summed E-state index contributed by atoms with van der Waals surface area (Å²) in [5.41, 5.74) is 6.77. The van der Waals surface area contributed by atoms with Crippen LogP contribution in [0.5, 0.6) is 5.75 Å². The monoisotopic (exact) mass is 474 g/mol. The summed E-state index contributed by atoms with van der Waals surface area (Å²) in [7, 11) is 3.73. The molecule has 1 saturated heterocycles. The first-order chi connectivity index (χ1) is 16.7. The van der Waals surface area contributed by atoms with Crippen molar-refractivity contribution in [1.82, 2.24) is 15.5 Å². The van der Waals surface area contributed by atoms with Crippen LogP contribution in [0.4, 0.5) is 4.79 Å². The van der Waals surface area contributed by atoms with Crippen molar-refractivity contribution in [1.29, 1.82) is 0 Å². The predicted octanol–water partition coefficient (Wildman–Crippen LogP) is 4.65. The van der Waals surface area contributed by atoms with Gasteiger partial charge in [0.25, 0.3) is 5.91 Å². The van der Waals surface area contributed by atoms with Crippen molar-refractivity contribution in [3.63, 3.8) is 0 Å². The third kappa shape index (κ3) is 6.82. The van der Waals surface area contributed by atoms with Gasteiger partial charge < -0.3 is 15.0 Å². The molecule has 2 aromatic carbocycles. The molecule has 0 radical (unpaired) electrons. The van der Waals surface area contributed by atoms with Crippen LogP contribution < -0.4 is 15.4 Å². The maximum atomic E-state index is 11.6. The number of nitrogens with one attached hydrogen (secondary N) is 2. The van der Waals surface area contributed by atoms with E-state index in [1.165, 1.54) is 16.7 Å². The summed E-state index contributed by atoms with van der Waals surface area (Å²) in [5.74, 6) is 0.592. The fraction of sp³-hybridized carbons (Fsp3) is 0.321. The van der Waals surface area contributed by atoms with E-state index < -0.39 is 12.1 Å². The Morgan fingerprint density at radius 2 is 1.94 bits per heavy atom. The number of ether oxygens (including phenoxy) is 1. The molecule has 1 atom stereocenters. The molecule has 1 unspecified atom stereocenters. The van der Waals surface area contributed by atoms with Crippen LogP contribution in [0, 0.1) is 0 Å². The molecule has 35 heavy (non-hydrogen) atoms. The number of carbonyl (C=O) groups excluding carboxylic acids is 2. The van der Waals surface area contributed by atoms with Crippen molar-refractivity contribution in [2.24, 2.45) is 4.99 Å². The summed E-state index contributed by atoms with van der Waals surface area (Å²) in [4.78, 5) is 29.2. The van der Waals surface area contributed by atoms with Crippen LogP contribution in [0.3, 0.4) is 0 Å². The van der Waals surface area contributed by atoms with Crippen molar-refractivity contribution < 1.29 is 14.3 Å². The molecule has 0 bridgehead atoms. The van der Waals surface area contributed by atoms with Crippen molar-refractivity contribution in [3.05, 3.63) is 82.9 Å². The van der Waals surface area contributed by atoms with E-state index in [-0.39, 0.29) is 5.91 Å². The Morgan fingerprint density at radius 1 is 1.23 bits per heavy atom. The fourth-order valence-electron chi connectivity index (χ4n) is 3.85. The zero-order valence-corrected chi connectivity index (χ0v) is 21.1. The molecule has 0 aliphatic carbocycles. The Balaban J connectivity index is 0.000000223. The van der Waals surface area contributed by atoms with Gasteiger partial charge in [-0.15, -0.1) is 0 Å². The van der Waals surface area contributed by atoms with E-state index in [2.05, 4.69) is 47.1 Å². The second kappa shape index (κ2) is 11.5. The molecule has 0 spiro atoms. The molecule has 2 heterocycles. The highest BCUT2D eigenvalue weighted by molar-refractivity contribution is 6.04. The molecule has 4 rings (SSSR count). The van der Waals surface area contributed by atoms with Crippen molar-refractivity contribution in [2.45, 2.75) is 45.8 Å². The second-order valence-electron chi connectivity index (χ2n) is 9.04. The van der Waals surface area contributed by atoms with Crippen LogP contribution >= 0.6 is 0 Å². The van der Waals surface area contributed by atoms with E-state index >= 15 is 0 Å². The minimum atomic E-state index is -0.587. The molecule has 2 aromatic rings. The van der Waals surface area contributed by atoms with Crippen LogP contribution in [-0.2, 0) is 17.8 Å². The number of hydrogen-bond acceptors (Lipinski definition) is 5. The summed E-state index contributed by atoms with van der Waals surface area (Å²) >= 11 is 0. The van der Waals surface area contributed by atoms with E-state index in [0.717, 1.165) is 35.5 Å². The molecule has 1 fully saturated rings. The quantitative estimate of drug-likeness (QED) is 0.472. The highest BCUT2D eigenvalue weighted by Gasteiger charge is 2.30. The van der Waals surface area contributed by atoms with E-state index in [1.54, 1.807) is 7.11 Å². The third-order valence-electron chi connectivity index (χ3n) is 5.81. The number of carbonyl (C=O) groups is 2. The van der Waals surface area contributed by atoms with Crippen LogP contribution in [0.1, 0.15) is 49.1 Å². The molecule has 184 valence electrons. The number of benzene rings is 2. The van der Waals surface area contributed by atoms with E-state index in [1.807, 2.05) is 62.5 Å². The molecular formula is C28H34N4O3. The minimum Gasteiger partial charge on any atom is -0.497 e. The first-order valence-corrected chi connectivity index (χ1v) is 11.6. The van der Waals surface area contributed by atoms with Crippen molar-refractivity contribution in [2.75, 3.05) is 14.2 Å². The number of hydrogen-bond donors (Lipinski definition) is 2. The van der Waals surface area contributed by atoms with Gasteiger partial charge in [0.2, 0.25) is 0 Å². The number of imide groups is 1. The highest BCUT2D eigenvalue weighted by Crippen LogP contribution is 2.32. The van der Waals surface area contributed by atoms with Gasteiger partial charge in [-0.05, 0) is 62.1 Å². The number of nitrogens with zero attached hydrogens (tertiary/aromatic N) is 2. The van der Waals surface area contributed by atoms with Gasteiger partial charge in [-0.3, -0.25) is 15.1 Å². The zero-order valence-electron chi connectivity index (χ0n) is 21.1. The maximum absolute atomic E-state index is 11.6. The summed E-state index contributed by atoms with van der Waals surface area (Å²) in [6, 6.07) is 13.1. The van der Waals surface area contributed by atoms with Crippen LogP contribution in [0.2, 0.25) is 0 Å². The molecular weight excluding hydrogens is 440 g/mol. The van der Waals surface area contributed by atoms with Crippen molar-refractivity contribution in [3.8, 4) is 5.75 Å². The Morgan fingerprint density at radius 3 is 2.54 bits per heavy atom. The standard InChI is InChI=1S/C17H21N3O2.C11H13NO/c1-11(2)18-9-8-12(3)10-13-4-6-14(7-5-13)15-16(21)20-17(22)19-15;1-8-11-6-10(13-3)5-4-9(11)7-12(8)2/h4-9,11,15H,10H2,1-3H3,(H2,19,20,21,22);4-6H,1,7H2,2-3H3/b12-8-,18-9?;. The first kappa shape index (κ1) is 25.7. The molecule has 7 heteroatoms. The lowest BCUT2D eigenvalue weighted by atomic mass is 10.0. The van der Waals surface area contributed by atoms with Gasteiger partial charge in [0.05, 0.1) is 7.11 Å². The van der Waals surface area contributed by atoms with Crippen molar-refractivity contribution >= 4 is 23.8 Å². The summed E-state index contributed by atoms with van der Waals surface area (Å²) in [6.07, 6.45) is 4.68. The molecule has 7 nitrogen and oxygen atoms in total. The Bertz CT molecular complexity index is 1150. The van der Waals surface area contributed by atoms with Gasteiger partial charge in [-0.2, -0.15) is 0 Å². The molecule has 2 aliphatic heterocycles. The van der Waals surface area contributed by atoms with Gasteiger partial charge in [-0.1, -0.05) is 42.5 Å². The normalized spacial score (nSPS) is 17.3. The van der Waals surface area contributed by atoms with Gasteiger partial charge in [0.1, 0.15) is 11.8 Å². The van der Waals surface area contributed by atoms with E-state index in [9.17, 15) is 9.59 Å². The number of aliphatic imine (C=N–C) groups is 1.